The highest BCUT2D eigenvalue weighted by Gasteiger charge is 2.16. The van der Waals surface area contributed by atoms with Crippen LogP contribution in [0.15, 0.2) is 30.3 Å². The van der Waals surface area contributed by atoms with Gasteiger partial charge in [-0.05, 0) is 31.2 Å². The van der Waals surface area contributed by atoms with Gasteiger partial charge >= 0.3 is 0 Å². The van der Waals surface area contributed by atoms with E-state index in [0.717, 1.165) is 23.8 Å². The third-order valence-corrected chi connectivity index (χ3v) is 5.48. The van der Waals surface area contributed by atoms with E-state index in [1.165, 1.54) is 37.7 Å². The van der Waals surface area contributed by atoms with Crippen molar-refractivity contribution in [1.29, 1.82) is 0 Å². The van der Waals surface area contributed by atoms with E-state index in [9.17, 15) is 0 Å². The molecule has 3 N–H and O–H groups in total. The normalized spacial score (nSPS) is 18.4. The van der Waals surface area contributed by atoms with Crippen LogP contribution in [-0.2, 0) is 6.42 Å². The Hall–Kier alpha value is -0.510. The molecule has 1 saturated carbocycles. The Kier molecular flexibility index (Phi) is 6.75. The minimum atomic E-state index is 0.437. The first-order valence-electron chi connectivity index (χ1n) is 7.50. The molecular weight excluding hydrogens is 252 g/mol. The van der Waals surface area contributed by atoms with Crippen LogP contribution in [0.25, 0.3) is 0 Å². The number of hydrogen-bond acceptors (Lipinski definition) is 3. The van der Waals surface area contributed by atoms with E-state index in [0.29, 0.717) is 6.04 Å². The van der Waals surface area contributed by atoms with Crippen molar-refractivity contribution in [2.75, 3.05) is 5.75 Å². The number of hydrogen-bond donors (Lipinski definition) is 2. The third kappa shape index (κ3) is 5.55. The zero-order valence-corrected chi connectivity index (χ0v) is 12.5. The lowest BCUT2D eigenvalue weighted by atomic mass is 10.0. The minimum absolute atomic E-state index is 0.437. The van der Waals surface area contributed by atoms with Crippen molar-refractivity contribution in [3.8, 4) is 0 Å². The van der Waals surface area contributed by atoms with E-state index in [1.807, 2.05) is 0 Å². The monoisotopic (exact) mass is 278 g/mol. The van der Waals surface area contributed by atoms with Gasteiger partial charge in [-0.1, -0.05) is 49.6 Å². The smallest absolute Gasteiger partial charge is 0.0304 e. The van der Waals surface area contributed by atoms with Crippen molar-refractivity contribution in [3.05, 3.63) is 35.9 Å². The Morgan fingerprint density at radius 1 is 1.16 bits per heavy atom. The number of thioether (sulfide) groups is 1. The first-order chi connectivity index (χ1) is 9.38. The highest BCUT2D eigenvalue weighted by atomic mass is 32.2. The molecule has 1 aromatic carbocycles. The van der Waals surface area contributed by atoms with E-state index in [-0.39, 0.29) is 0 Å². The fourth-order valence-electron chi connectivity index (χ4n) is 2.68. The maximum Gasteiger partial charge on any atom is 0.0304 e. The molecule has 1 aliphatic rings. The van der Waals surface area contributed by atoms with Crippen molar-refractivity contribution in [1.82, 2.24) is 5.43 Å². The fourth-order valence-corrected chi connectivity index (χ4v) is 4.12. The van der Waals surface area contributed by atoms with Crippen molar-refractivity contribution in [3.63, 3.8) is 0 Å². The molecule has 0 bridgehead atoms. The average molecular weight is 278 g/mol. The molecule has 0 saturated heterocycles. The summed E-state index contributed by atoms with van der Waals surface area (Å²) >= 11 is 2.12. The molecule has 1 atom stereocenters. The van der Waals surface area contributed by atoms with Crippen molar-refractivity contribution < 1.29 is 0 Å². The molecule has 1 aromatic rings. The number of aryl methyl sites for hydroxylation is 1. The summed E-state index contributed by atoms with van der Waals surface area (Å²) in [7, 11) is 0. The van der Waals surface area contributed by atoms with Crippen LogP contribution in [0.5, 0.6) is 0 Å². The summed E-state index contributed by atoms with van der Waals surface area (Å²) in [6, 6.07) is 11.1. The SMILES string of the molecule is NNC(CCc1ccccc1)CSC1CCCCC1. The number of nitrogens with two attached hydrogens (primary N) is 1. The van der Waals surface area contributed by atoms with Crippen molar-refractivity contribution in [2.45, 2.75) is 56.2 Å². The number of rotatable bonds is 7. The molecule has 19 heavy (non-hydrogen) atoms. The lowest BCUT2D eigenvalue weighted by Gasteiger charge is -2.23. The molecular formula is C16H26N2S. The first kappa shape index (κ1) is 14.9. The first-order valence-corrected chi connectivity index (χ1v) is 8.55. The average Bonchev–Trinajstić information content (AvgIpc) is 2.49. The lowest BCUT2D eigenvalue weighted by molar-refractivity contribution is 0.509. The van der Waals surface area contributed by atoms with Crippen molar-refractivity contribution in [2.24, 2.45) is 5.84 Å². The Balaban J connectivity index is 1.67. The Bertz CT molecular complexity index is 336. The second kappa shape index (κ2) is 8.62. The summed E-state index contributed by atoms with van der Waals surface area (Å²) in [5.74, 6) is 6.84. The zero-order chi connectivity index (χ0) is 13.3. The summed E-state index contributed by atoms with van der Waals surface area (Å²) in [6.07, 6.45) is 9.32. The molecule has 106 valence electrons. The third-order valence-electron chi connectivity index (χ3n) is 3.95. The van der Waals surface area contributed by atoms with E-state index in [2.05, 4.69) is 47.5 Å². The Morgan fingerprint density at radius 3 is 2.58 bits per heavy atom. The molecule has 0 aliphatic heterocycles. The van der Waals surface area contributed by atoms with E-state index < -0.39 is 0 Å². The molecule has 3 heteroatoms. The maximum absolute atomic E-state index is 5.69. The highest BCUT2D eigenvalue weighted by Crippen LogP contribution is 2.28. The molecule has 0 amide bonds. The maximum atomic E-state index is 5.69. The van der Waals surface area contributed by atoms with Crippen molar-refractivity contribution >= 4 is 11.8 Å². The van der Waals surface area contributed by atoms with Crippen LogP contribution in [0.4, 0.5) is 0 Å². The molecule has 0 aromatic heterocycles. The Morgan fingerprint density at radius 2 is 1.89 bits per heavy atom. The van der Waals surface area contributed by atoms with Gasteiger partial charge in [-0.2, -0.15) is 11.8 Å². The number of benzene rings is 1. The van der Waals surface area contributed by atoms with Gasteiger partial charge in [0.15, 0.2) is 0 Å². The van der Waals surface area contributed by atoms with Gasteiger partial charge in [-0.25, -0.2) is 0 Å². The zero-order valence-electron chi connectivity index (χ0n) is 11.7. The van der Waals surface area contributed by atoms with E-state index >= 15 is 0 Å². The van der Waals surface area contributed by atoms with Gasteiger partial charge in [0.2, 0.25) is 0 Å². The predicted molar refractivity (Wildman–Crippen MR) is 85.2 cm³/mol. The van der Waals surface area contributed by atoms with Gasteiger partial charge in [-0.15, -0.1) is 0 Å². The molecule has 1 fully saturated rings. The molecule has 2 rings (SSSR count). The lowest BCUT2D eigenvalue weighted by Crippen LogP contribution is -2.38. The summed E-state index contributed by atoms with van der Waals surface area (Å²) in [4.78, 5) is 0. The molecule has 1 aliphatic carbocycles. The summed E-state index contributed by atoms with van der Waals surface area (Å²) < 4.78 is 0. The summed E-state index contributed by atoms with van der Waals surface area (Å²) in [5.41, 5.74) is 4.40. The van der Waals surface area contributed by atoms with Crippen LogP contribution in [0, 0.1) is 0 Å². The number of hydrazine groups is 1. The van der Waals surface area contributed by atoms with Gasteiger partial charge in [0.1, 0.15) is 0 Å². The summed E-state index contributed by atoms with van der Waals surface area (Å²) in [6.45, 7) is 0. The molecule has 0 heterocycles. The number of nitrogens with one attached hydrogen (secondary N) is 1. The topological polar surface area (TPSA) is 38.0 Å². The predicted octanol–water partition coefficient (Wildman–Crippen LogP) is 3.52. The van der Waals surface area contributed by atoms with Crippen LogP contribution >= 0.6 is 11.8 Å². The molecule has 1 unspecified atom stereocenters. The highest BCUT2D eigenvalue weighted by molar-refractivity contribution is 7.99. The quantitative estimate of drug-likeness (QED) is 0.592. The molecule has 0 radical (unpaired) electrons. The van der Waals surface area contributed by atoms with Crippen LogP contribution < -0.4 is 11.3 Å². The minimum Gasteiger partial charge on any atom is -0.271 e. The van der Waals surface area contributed by atoms with Gasteiger partial charge in [0.05, 0.1) is 0 Å². The van der Waals surface area contributed by atoms with Gasteiger partial charge < -0.3 is 0 Å². The van der Waals surface area contributed by atoms with Gasteiger partial charge in [0.25, 0.3) is 0 Å². The van der Waals surface area contributed by atoms with Gasteiger partial charge in [-0.3, -0.25) is 11.3 Å². The van der Waals surface area contributed by atoms with E-state index in [4.69, 9.17) is 5.84 Å². The van der Waals surface area contributed by atoms with Crippen LogP contribution in [0.3, 0.4) is 0 Å². The summed E-state index contributed by atoms with van der Waals surface area (Å²) in [5, 5.41) is 0.876. The standard InChI is InChI=1S/C16H26N2S/c17-18-15(12-11-14-7-3-1-4-8-14)13-19-16-9-5-2-6-10-16/h1,3-4,7-8,15-16,18H,2,5-6,9-13,17H2. The second-order valence-electron chi connectivity index (χ2n) is 5.48. The Labute approximate surface area is 121 Å². The molecule has 0 spiro atoms. The van der Waals surface area contributed by atoms with Crippen LogP contribution in [0.2, 0.25) is 0 Å². The largest absolute Gasteiger partial charge is 0.271 e. The van der Waals surface area contributed by atoms with Crippen LogP contribution in [-0.4, -0.2) is 17.0 Å². The second-order valence-corrected chi connectivity index (χ2v) is 6.81. The van der Waals surface area contributed by atoms with Crippen LogP contribution in [0.1, 0.15) is 44.1 Å². The molecule has 2 nitrogen and oxygen atoms in total. The van der Waals surface area contributed by atoms with E-state index in [1.54, 1.807) is 0 Å². The fraction of sp³-hybridized carbons (Fsp3) is 0.625. The van der Waals surface area contributed by atoms with Gasteiger partial charge in [0, 0.05) is 17.0 Å².